The number of benzene rings is 1. The molecule has 0 unspecified atom stereocenters. The molecule has 3 heteroatoms. The summed E-state index contributed by atoms with van der Waals surface area (Å²) >= 11 is -0.175. The van der Waals surface area contributed by atoms with Crippen LogP contribution >= 0.6 is 11.3 Å². The Bertz CT molecular complexity index is 714. The standard InChI is InChI=1S/C18H23OS.3C4H9.Sn/c1-2-3-4-5-6-7-14-19-17-12-10-16(11-13-17)18-9-8-15-20-18;3*1-3-4-2;/h8-13H,2-7,14H2,1H3;3*1,3-4H2,2H3;. The first-order chi connectivity index (χ1) is 16.2. The van der Waals surface area contributed by atoms with E-state index in [1.165, 1.54) is 87.5 Å². The maximum absolute atomic E-state index is 6.01. The predicted molar refractivity (Wildman–Crippen MR) is 153 cm³/mol. The fourth-order valence-electron chi connectivity index (χ4n) is 4.86. The molecule has 0 radical (unpaired) electrons. The van der Waals surface area contributed by atoms with Gasteiger partial charge in [0.15, 0.2) is 0 Å². The molecule has 1 aromatic carbocycles. The van der Waals surface area contributed by atoms with E-state index in [2.05, 4.69) is 75.4 Å². The van der Waals surface area contributed by atoms with Crippen LogP contribution in [-0.2, 0) is 0 Å². The zero-order chi connectivity index (χ0) is 23.8. The van der Waals surface area contributed by atoms with Gasteiger partial charge in [0, 0.05) is 0 Å². The molecule has 2 rings (SSSR count). The minimum absolute atomic E-state index is 0.845. The van der Waals surface area contributed by atoms with E-state index in [9.17, 15) is 0 Å². The van der Waals surface area contributed by atoms with Crippen molar-refractivity contribution in [1.29, 1.82) is 0 Å². The molecule has 2 aromatic rings. The van der Waals surface area contributed by atoms with Gasteiger partial charge in [-0.3, -0.25) is 0 Å². The van der Waals surface area contributed by atoms with E-state index >= 15 is 0 Å². The third-order valence-corrected chi connectivity index (χ3v) is 26.5. The summed E-state index contributed by atoms with van der Waals surface area (Å²) in [5, 5.41) is 0. The van der Waals surface area contributed by atoms with Gasteiger partial charge in [0.1, 0.15) is 0 Å². The second-order valence-corrected chi connectivity index (χ2v) is 25.1. The second-order valence-electron chi connectivity index (χ2n) is 9.90. The van der Waals surface area contributed by atoms with Crippen LogP contribution in [0.2, 0.25) is 13.3 Å². The van der Waals surface area contributed by atoms with E-state index in [0.29, 0.717) is 0 Å². The van der Waals surface area contributed by atoms with E-state index < -0.39 is 18.4 Å². The molecule has 0 saturated heterocycles. The van der Waals surface area contributed by atoms with Gasteiger partial charge in [-0.15, -0.1) is 0 Å². The van der Waals surface area contributed by atoms with Gasteiger partial charge in [-0.05, 0) is 0 Å². The van der Waals surface area contributed by atoms with Gasteiger partial charge in [-0.1, -0.05) is 26.2 Å². The van der Waals surface area contributed by atoms with Crippen LogP contribution in [0.5, 0.6) is 5.75 Å². The van der Waals surface area contributed by atoms with Crippen molar-refractivity contribution in [3.63, 3.8) is 0 Å². The molecule has 0 aliphatic heterocycles. The van der Waals surface area contributed by atoms with Crippen molar-refractivity contribution in [1.82, 2.24) is 0 Å². The van der Waals surface area contributed by atoms with Gasteiger partial charge in [-0.2, -0.15) is 0 Å². The van der Waals surface area contributed by atoms with E-state index in [0.717, 1.165) is 12.4 Å². The molecule has 0 spiro atoms. The summed E-state index contributed by atoms with van der Waals surface area (Å²) < 4.78 is 12.5. The summed E-state index contributed by atoms with van der Waals surface area (Å²) in [5.74, 6) is 1.02. The zero-order valence-corrected chi connectivity index (χ0v) is 25.8. The van der Waals surface area contributed by atoms with Crippen molar-refractivity contribution in [2.75, 3.05) is 6.61 Å². The summed E-state index contributed by atoms with van der Waals surface area (Å²) in [4.78, 5) is 1.46. The Morgan fingerprint density at radius 3 is 1.73 bits per heavy atom. The number of thiophene rings is 1. The molecule has 0 aliphatic carbocycles. The molecule has 0 bridgehead atoms. The van der Waals surface area contributed by atoms with E-state index in [1.54, 1.807) is 13.3 Å². The Labute approximate surface area is 213 Å². The zero-order valence-electron chi connectivity index (χ0n) is 22.1. The van der Waals surface area contributed by atoms with E-state index in [1.807, 2.05) is 2.89 Å². The Balaban J connectivity index is 2.02. The molecule has 0 aliphatic rings. The molecule has 0 amide bonds. The van der Waals surface area contributed by atoms with Crippen LogP contribution in [0.15, 0.2) is 36.4 Å². The van der Waals surface area contributed by atoms with Crippen LogP contribution in [0.3, 0.4) is 0 Å². The van der Waals surface area contributed by atoms with Gasteiger partial charge in [0.2, 0.25) is 0 Å². The third-order valence-electron chi connectivity index (χ3n) is 7.06. The normalized spacial score (nSPS) is 11.8. The molecule has 186 valence electrons. The first-order valence-corrected chi connectivity index (χ1v) is 22.3. The van der Waals surface area contributed by atoms with Gasteiger partial charge >= 0.3 is 188 Å². The molecule has 1 heterocycles. The van der Waals surface area contributed by atoms with Gasteiger partial charge < -0.3 is 0 Å². The van der Waals surface area contributed by atoms with Crippen molar-refractivity contribution >= 4 is 32.6 Å². The molecule has 33 heavy (non-hydrogen) atoms. The van der Waals surface area contributed by atoms with Crippen molar-refractivity contribution in [3.05, 3.63) is 36.4 Å². The average molecular weight is 578 g/mol. The summed E-state index contributed by atoms with van der Waals surface area (Å²) in [6.45, 7) is 10.2. The SMILES string of the molecule is CCCCCCCCOc1ccc(-c2cc[c]([Sn]([CH2]CCC)([CH2]CCC)[CH2]CCC)s2)cc1. The molecular weight excluding hydrogens is 527 g/mol. The second kappa shape index (κ2) is 17.0. The summed E-state index contributed by atoms with van der Waals surface area (Å²) in [5.41, 5.74) is 1.36. The Morgan fingerprint density at radius 1 is 0.606 bits per heavy atom. The topological polar surface area (TPSA) is 9.23 Å². The van der Waals surface area contributed by atoms with Crippen LogP contribution in [0, 0.1) is 0 Å². The molecule has 0 fully saturated rings. The number of unbranched alkanes of at least 4 members (excludes halogenated alkanes) is 8. The minimum atomic E-state index is -2.31. The summed E-state index contributed by atoms with van der Waals surface area (Å²) in [7, 11) is 0. The maximum atomic E-state index is 6.01. The number of hydrogen-bond acceptors (Lipinski definition) is 2. The van der Waals surface area contributed by atoms with Crippen LogP contribution in [0.25, 0.3) is 10.4 Å². The van der Waals surface area contributed by atoms with Crippen LogP contribution in [-0.4, -0.2) is 25.0 Å². The molecule has 0 saturated carbocycles. The van der Waals surface area contributed by atoms with Gasteiger partial charge in [0.05, 0.1) is 0 Å². The molecule has 1 aromatic heterocycles. The summed E-state index contributed by atoms with van der Waals surface area (Å²) in [6, 6.07) is 13.9. The Hall–Kier alpha value is -0.481. The van der Waals surface area contributed by atoms with Crippen molar-refractivity contribution in [3.8, 4) is 16.2 Å². The fraction of sp³-hybridized carbons (Fsp3) is 0.667. The Kier molecular flexibility index (Phi) is 14.8. The van der Waals surface area contributed by atoms with Crippen molar-refractivity contribution in [2.45, 2.75) is 118 Å². The van der Waals surface area contributed by atoms with Crippen molar-refractivity contribution in [2.24, 2.45) is 0 Å². The van der Waals surface area contributed by atoms with E-state index in [4.69, 9.17) is 4.74 Å². The average Bonchev–Trinajstić information content (AvgIpc) is 3.35. The summed E-state index contributed by atoms with van der Waals surface area (Å²) in [6.07, 6.45) is 16.2. The first-order valence-electron chi connectivity index (χ1n) is 14.0. The van der Waals surface area contributed by atoms with Crippen LogP contribution in [0.4, 0.5) is 0 Å². The van der Waals surface area contributed by atoms with Gasteiger partial charge in [0.25, 0.3) is 0 Å². The molecular formula is C30H50OSSn. The number of hydrogen-bond donors (Lipinski definition) is 0. The molecule has 0 atom stereocenters. The fourth-order valence-corrected chi connectivity index (χ4v) is 25.0. The predicted octanol–water partition coefficient (Wildman–Crippen LogP) is 10.2. The molecule has 1 nitrogen and oxygen atoms in total. The number of rotatable bonds is 19. The monoisotopic (exact) mass is 578 g/mol. The number of ether oxygens (including phenoxy) is 1. The van der Waals surface area contributed by atoms with Crippen LogP contribution < -0.4 is 7.63 Å². The molecule has 0 N–H and O–H groups in total. The first kappa shape index (κ1) is 28.8. The van der Waals surface area contributed by atoms with E-state index in [-0.39, 0.29) is 0 Å². The quantitative estimate of drug-likeness (QED) is 0.119. The van der Waals surface area contributed by atoms with Gasteiger partial charge in [-0.25, -0.2) is 0 Å². The van der Waals surface area contributed by atoms with Crippen LogP contribution in [0.1, 0.15) is 105 Å². The van der Waals surface area contributed by atoms with Crippen molar-refractivity contribution < 1.29 is 4.74 Å². The third kappa shape index (κ3) is 9.96. The Morgan fingerprint density at radius 2 is 1.15 bits per heavy atom.